The number of rotatable bonds is 6. The van der Waals surface area contributed by atoms with Gasteiger partial charge in [0.1, 0.15) is 0 Å². The minimum atomic E-state index is -0.463. The summed E-state index contributed by atoms with van der Waals surface area (Å²) in [6.07, 6.45) is 4.09. The molecule has 4 heteroatoms. The molecule has 0 spiro atoms. The van der Waals surface area contributed by atoms with Crippen molar-refractivity contribution in [2.24, 2.45) is 11.7 Å². The van der Waals surface area contributed by atoms with Crippen LogP contribution in [0.3, 0.4) is 0 Å². The Kier molecular flexibility index (Phi) is 5.02. The summed E-state index contributed by atoms with van der Waals surface area (Å²) in [7, 11) is 0. The maximum absolute atomic E-state index is 12.1. The largest absolute Gasteiger partial charge is 0.347 e. The van der Waals surface area contributed by atoms with Crippen LogP contribution in [0.1, 0.15) is 33.6 Å². The molecule has 21 heavy (non-hydrogen) atoms. The van der Waals surface area contributed by atoms with E-state index in [1.165, 1.54) is 5.52 Å². The molecule has 3 N–H and O–H groups in total. The van der Waals surface area contributed by atoms with Crippen molar-refractivity contribution >= 4 is 22.5 Å². The summed E-state index contributed by atoms with van der Waals surface area (Å²) in [4.78, 5) is 12.1. The number of nitrogens with zero attached hydrogens (tertiary/aromatic N) is 1. The number of carbonyl (C=O) groups excluding carboxylic acids is 1. The first-order valence-corrected chi connectivity index (χ1v) is 7.72. The van der Waals surface area contributed by atoms with Gasteiger partial charge in [-0.15, -0.1) is 0 Å². The Morgan fingerprint density at radius 2 is 2.10 bits per heavy atom. The van der Waals surface area contributed by atoms with Crippen LogP contribution >= 0.6 is 0 Å². The van der Waals surface area contributed by atoms with Gasteiger partial charge in [0.2, 0.25) is 5.91 Å². The first kappa shape index (κ1) is 15.6. The van der Waals surface area contributed by atoms with Gasteiger partial charge in [0.05, 0.1) is 6.04 Å². The van der Waals surface area contributed by atoms with Crippen LogP contribution in [0.2, 0.25) is 0 Å². The number of aromatic nitrogens is 1. The standard InChI is InChI=1S/C17H25N3O/c1-4-9-20-10-8-13-11-14(6-7-15(13)20)19-17(21)16(18)12(3)5-2/h6-8,10-12,16H,4-5,9,18H2,1-3H3,(H,19,21). The number of carbonyl (C=O) groups is 1. The maximum atomic E-state index is 12.1. The summed E-state index contributed by atoms with van der Waals surface area (Å²) in [5, 5.41) is 4.05. The predicted molar refractivity (Wildman–Crippen MR) is 88.3 cm³/mol. The van der Waals surface area contributed by atoms with E-state index in [9.17, 15) is 4.79 Å². The summed E-state index contributed by atoms with van der Waals surface area (Å²) in [6, 6.07) is 7.61. The summed E-state index contributed by atoms with van der Waals surface area (Å²) in [5.41, 5.74) is 7.96. The molecule has 0 saturated heterocycles. The molecule has 2 rings (SSSR count). The minimum Gasteiger partial charge on any atom is -0.347 e. The molecule has 0 bridgehead atoms. The fourth-order valence-electron chi connectivity index (χ4n) is 2.45. The van der Waals surface area contributed by atoms with Crippen LogP contribution in [-0.2, 0) is 11.3 Å². The molecule has 2 atom stereocenters. The monoisotopic (exact) mass is 287 g/mol. The van der Waals surface area contributed by atoms with Gasteiger partial charge in [-0.1, -0.05) is 27.2 Å². The average molecular weight is 287 g/mol. The van der Waals surface area contributed by atoms with Crippen LogP contribution in [0, 0.1) is 5.92 Å². The molecule has 0 aliphatic rings. The number of anilines is 1. The SMILES string of the molecule is CCCn1ccc2cc(NC(=O)C(N)C(C)CC)ccc21. The number of hydrogen-bond donors (Lipinski definition) is 2. The molecule has 0 radical (unpaired) electrons. The lowest BCUT2D eigenvalue weighted by molar-refractivity contribution is -0.118. The number of hydrogen-bond acceptors (Lipinski definition) is 2. The van der Waals surface area contributed by atoms with Gasteiger partial charge in [0.15, 0.2) is 0 Å². The van der Waals surface area contributed by atoms with Crippen molar-refractivity contribution in [2.75, 3.05) is 5.32 Å². The second kappa shape index (κ2) is 6.76. The van der Waals surface area contributed by atoms with Crippen molar-refractivity contribution in [1.29, 1.82) is 0 Å². The van der Waals surface area contributed by atoms with E-state index in [1.807, 2.05) is 26.0 Å². The number of fused-ring (bicyclic) bond motifs is 1. The van der Waals surface area contributed by atoms with Crippen molar-refractivity contribution in [3.05, 3.63) is 30.5 Å². The molecule has 0 aliphatic carbocycles. The first-order chi connectivity index (χ1) is 10.1. The second-order valence-electron chi connectivity index (χ2n) is 5.68. The van der Waals surface area contributed by atoms with Crippen molar-refractivity contribution in [3.63, 3.8) is 0 Å². The zero-order valence-electron chi connectivity index (χ0n) is 13.1. The summed E-state index contributed by atoms with van der Waals surface area (Å²) < 4.78 is 2.23. The van der Waals surface area contributed by atoms with E-state index in [0.717, 1.165) is 30.5 Å². The number of nitrogens with two attached hydrogens (primary N) is 1. The van der Waals surface area contributed by atoms with E-state index >= 15 is 0 Å². The quantitative estimate of drug-likeness (QED) is 0.855. The minimum absolute atomic E-state index is 0.114. The molecular formula is C17H25N3O. The van der Waals surface area contributed by atoms with Crippen LogP contribution in [0.15, 0.2) is 30.5 Å². The van der Waals surface area contributed by atoms with Gasteiger partial charge >= 0.3 is 0 Å². The van der Waals surface area contributed by atoms with Crippen molar-refractivity contribution in [2.45, 2.75) is 46.2 Å². The molecule has 114 valence electrons. The van der Waals surface area contributed by atoms with E-state index in [0.29, 0.717) is 0 Å². The van der Waals surface area contributed by atoms with Crippen LogP contribution in [0.4, 0.5) is 5.69 Å². The van der Waals surface area contributed by atoms with Gasteiger partial charge < -0.3 is 15.6 Å². The van der Waals surface area contributed by atoms with Crippen LogP contribution in [0.25, 0.3) is 10.9 Å². The third-order valence-electron chi connectivity index (χ3n) is 4.06. The second-order valence-corrected chi connectivity index (χ2v) is 5.68. The Hall–Kier alpha value is -1.81. The summed E-state index contributed by atoms with van der Waals surface area (Å²) in [6.45, 7) is 7.21. The Labute approximate surface area is 126 Å². The van der Waals surface area contributed by atoms with E-state index in [2.05, 4.69) is 35.1 Å². The topological polar surface area (TPSA) is 60.0 Å². The molecule has 1 aromatic heterocycles. The molecule has 2 aromatic rings. The fourth-order valence-corrected chi connectivity index (χ4v) is 2.45. The van der Waals surface area contributed by atoms with Gasteiger partial charge in [-0.3, -0.25) is 4.79 Å². The predicted octanol–water partition coefficient (Wildman–Crippen LogP) is 3.36. The Balaban J connectivity index is 2.14. The molecule has 1 heterocycles. The van der Waals surface area contributed by atoms with Crippen LogP contribution < -0.4 is 11.1 Å². The lowest BCUT2D eigenvalue weighted by atomic mass is 9.99. The van der Waals surface area contributed by atoms with Crippen LogP contribution in [0.5, 0.6) is 0 Å². The lowest BCUT2D eigenvalue weighted by Gasteiger charge is -2.17. The highest BCUT2D eigenvalue weighted by molar-refractivity contribution is 5.97. The Morgan fingerprint density at radius 1 is 1.33 bits per heavy atom. The molecular weight excluding hydrogens is 262 g/mol. The first-order valence-electron chi connectivity index (χ1n) is 7.72. The number of benzene rings is 1. The Morgan fingerprint density at radius 3 is 2.76 bits per heavy atom. The highest BCUT2D eigenvalue weighted by atomic mass is 16.2. The summed E-state index contributed by atoms with van der Waals surface area (Å²) in [5.74, 6) is 0.0658. The molecule has 1 amide bonds. The highest BCUT2D eigenvalue weighted by Crippen LogP contribution is 2.21. The van der Waals surface area contributed by atoms with Gasteiger partial charge in [0.25, 0.3) is 0 Å². The Bertz CT molecular complexity index is 618. The number of amides is 1. The zero-order valence-corrected chi connectivity index (χ0v) is 13.1. The van der Waals surface area contributed by atoms with Gasteiger partial charge in [-0.2, -0.15) is 0 Å². The molecule has 0 aliphatic heterocycles. The van der Waals surface area contributed by atoms with Crippen molar-refractivity contribution < 1.29 is 4.79 Å². The molecule has 0 saturated carbocycles. The van der Waals surface area contributed by atoms with Gasteiger partial charge in [-0.05, 0) is 36.6 Å². The van der Waals surface area contributed by atoms with Gasteiger partial charge in [-0.25, -0.2) is 0 Å². The van der Waals surface area contributed by atoms with Crippen molar-refractivity contribution in [3.8, 4) is 0 Å². The zero-order chi connectivity index (χ0) is 15.4. The maximum Gasteiger partial charge on any atom is 0.241 e. The average Bonchev–Trinajstić information content (AvgIpc) is 2.88. The highest BCUT2D eigenvalue weighted by Gasteiger charge is 2.19. The number of aryl methyl sites for hydroxylation is 1. The molecule has 0 fully saturated rings. The normalized spacial score (nSPS) is 14.1. The smallest absolute Gasteiger partial charge is 0.241 e. The van der Waals surface area contributed by atoms with Crippen molar-refractivity contribution in [1.82, 2.24) is 4.57 Å². The summed E-state index contributed by atoms with van der Waals surface area (Å²) >= 11 is 0. The van der Waals surface area contributed by atoms with E-state index in [-0.39, 0.29) is 11.8 Å². The third-order valence-corrected chi connectivity index (χ3v) is 4.06. The molecule has 2 unspecified atom stereocenters. The van der Waals surface area contributed by atoms with Gasteiger partial charge in [0, 0.05) is 29.3 Å². The van der Waals surface area contributed by atoms with E-state index in [1.54, 1.807) is 0 Å². The van der Waals surface area contributed by atoms with Crippen LogP contribution in [-0.4, -0.2) is 16.5 Å². The molecule has 4 nitrogen and oxygen atoms in total. The lowest BCUT2D eigenvalue weighted by Crippen LogP contribution is -2.40. The van der Waals surface area contributed by atoms with E-state index < -0.39 is 6.04 Å². The fraction of sp³-hybridized carbons (Fsp3) is 0.471. The molecule has 1 aromatic carbocycles. The third kappa shape index (κ3) is 3.45. The van der Waals surface area contributed by atoms with E-state index in [4.69, 9.17) is 5.73 Å². The number of nitrogens with one attached hydrogen (secondary N) is 1.